The molecule has 0 saturated heterocycles. The average Bonchev–Trinajstić information content (AvgIpc) is 2.32. The van der Waals surface area contributed by atoms with E-state index < -0.39 is 20.0 Å². The van der Waals surface area contributed by atoms with E-state index in [2.05, 4.69) is 9.84 Å². The Bertz CT molecular complexity index is 346. The molecule has 0 aliphatic rings. The van der Waals surface area contributed by atoms with Crippen molar-refractivity contribution in [2.75, 3.05) is 13.2 Å². The van der Waals surface area contributed by atoms with Crippen molar-refractivity contribution in [2.45, 2.75) is 39.3 Å². The lowest BCUT2D eigenvalue weighted by Crippen LogP contribution is -2.44. The lowest BCUT2D eigenvalue weighted by atomic mass is 10.1. The fraction of sp³-hybridized carbons (Fsp3) is 0.727. The van der Waals surface area contributed by atoms with Crippen LogP contribution in [-0.4, -0.2) is 41.3 Å². The number of carbonyl (C=O) groups excluding carboxylic acids is 1. The summed E-state index contributed by atoms with van der Waals surface area (Å²) in [5, 5.41) is 12.2. The molecule has 0 rings (SSSR count). The molecule has 0 radical (unpaired) electrons. The van der Waals surface area contributed by atoms with Gasteiger partial charge in [-0.3, -0.25) is 13.8 Å². The molecule has 19 heavy (non-hydrogen) atoms. The predicted octanol–water partition coefficient (Wildman–Crippen LogP) is 0.972. The predicted molar refractivity (Wildman–Crippen MR) is 70.4 cm³/mol. The first-order valence-corrected chi connectivity index (χ1v) is 7.51. The van der Waals surface area contributed by atoms with Gasteiger partial charge < -0.3 is 15.3 Å². The Morgan fingerprint density at radius 2 is 2.11 bits per heavy atom. The lowest BCUT2D eigenvalue weighted by molar-refractivity contribution is -0.120. The Balaban J connectivity index is 4.48. The van der Waals surface area contributed by atoms with Gasteiger partial charge in [-0.25, -0.2) is 4.57 Å². The van der Waals surface area contributed by atoms with E-state index in [1.807, 2.05) is 0 Å². The molecule has 0 fully saturated rings. The van der Waals surface area contributed by atoms with Crippen LogP contribution in [0.3, 0.4) is 0 Å². The number of allylic oxidation sites excluding steroid dienone is 1. The molecule has 0 aromatic carbocycles. The van der Waals surface area contributed by atoms with Gasteiger partial charge in [-0.2, -0.15) is 0 Å². The Hall–Kier alpha value is -0.720. The fourth-order valence-corrected chi connectivity index (χ4v) is 2.07. The van der Waals surface area contributed by atoms with E-state index >= 15 is 0 Å². The molecule has 0 spiro atoms. The Kier molecular flexibility index (Phi) is 8.88. The topological polar surface area (TPSA) is 105 Å². The number of aliphatic hydroxyl groups is 1. The van der Waals surface area contributed by atoms with E-state index in [9.17, 15) is 19.4 Å². The molecule has 1 unspecified atom stereocenters. The van der Waals surface area contributed by atoms with Gasteiger partial charge in [-0.15, -0.1) is 0 Å². The molecule has 0 aromatic rings. The second-order valence-corrected chi connectivity index (χ2v) is 5.37. The van der Waals surface area contributed by atoms with Gasteiger partial charge in [-0.1, -0.05) is 19.1 Å². The molecular formula is C11H22NO6P. The highest BCUT2D eigenvalue weighted by molar-refractivity contribution is 7.47. The molecule has 7 nitrogen and oxygen atoms in total. The quantitative estimate of drug-likeness (QED) is 0.432. The van der Waals surface area contributed by atoms with Gasteiger partial charge in [0, 0.05) is 6.92 Å². The highest BCUT2D eigenvalue weighted by atomic mass is 31.2. The normalized spacial score (nSPS) is 17.9. The van der Waals surface area contributed by atoms with Gasteiger partial charge in [-0.05, 0) is 13.3 Å². The lowest BCUT2D eigenvalue weighted by Gasteiger charge is -2.22. The smallest absolute Gasteiger partial charge is 0.387 e. The molecule has 0 heterocycles. The van der Waals surface area contributed by atoms with Crippen molar-refractivity contribution in [2.24, 2.45) is 0 Å². The molecule has 0 aromatic heterocycles. The molecule has 112 valence electrons. The number of aliphatic hydroxyl groups excluding tert-OH is 1. The zero-order valence-corrected chi connectivity index (χ0v) is 12.3. The number of hydrogen-bond acceptors (Lipinski definition) is 5. The maximum absolute atomic E-state index is 11.4. The van der Waals surface area contributed by atoms with Crippen LogP contribution in [0.2, 0.25) is 0 Å². The van der Waals surface area contributed by atoms with Crippen LogP contribution < -0.4 is 5.32 Å². The fourth-order valence-electron chi connectivity index (χ4n) is 1.24. The molecule has 0 bridgehead atoms. The van der Waals surface area contributed by atoms with Crippen molar-refractivity contribution in [3.63, 3.8) is 0 Å². The summed E-state index contributed by atoms with van der Waals surface area (Å²) in [5.41, 5.74) is 0. The van der Waals surface area contributed by atoms with E-state index in [4.69, 9.17) is 4.52 Å². The van der Waals surface area contributed by atoms with Crippen LogP contribution in [0.1, 0.15) is 27.2 Å². The summed E-state index contributed by atoms with van der Waals surface area (Å²) in [7, 11) is -4.15. The standard InChI is InChI=1S/C11H22NO6P/c1-4-6-11(14)10(12-9(3)13)8-18-19(15,16)17-7-5-2/h4,6,10-11,14H,5,7-8H2,1-3H3,(H,12,13)(H,15,16)/b6-4+/t10-,11+/m0/s1. The third kappa shape index (κ3) is 8.91. The molecule has 3 atom stereocenters. The van der Waals surface area contributed by atoms with Crippen molar-refractivity contribution < 1.29 is 28.4 Å². The van der Waals surface area contributed by atoms with Crippen LogP contribution in [0, 0.1) is 0 Å². The van der Waals surface area contributed by atoms with Crippen molar-refractivity contribution in [3.05, 3.63) is 12.2 Å². The number of amides is 1. The average molecular weight is 295 g/mol. The number of phosphoric acid groups is 1. The first-order chi connectivity index (χ1) is 8.82. The van der Waals surface area contributed by atoms with Gasteiger partial charge in [0.05, 0.1) is 25.4 Å². The second-order valence-electron chi connectivity index (χ2n) is 3.92. The zero-order chi connectivity index (χ0) is 14.9. The molecular weight excluding hydrogens is 273 g/mol. The summed E-state index contributed by atoms with van der Waals surface area (Å²) in [6, 6.07) is -0.820. The van der Waals surface area contributed by atoms with Crippen molar-refractivity contribution in [1.29, 1.82) is 0 Å². The van der Waals surface area contributed by atoms with Crippen LogP contribution in [0.5, 0.6) is 0 Å². The summed E-state index contributed by atoms with van der Waals surface area (Å²) in [6.45, 7) is 4.53. The third-order valence-electron chi connectivity index (χ3n) is 2.07. The number of hydrogen-bond donors (Lipinski definition) is 3. The highest BCUT2D eigenvalue weighted by Gasteiger charge is 2.26. The van der Waals surface area contributed by atoms with E-state index in [0.29, 0.717) is 6.42 Å². The first kappa shape index (κ1) is 18.3. The van der Waals surface area contributed by atoms with Gasteiger partial charge >= 0.3 is 7.82 Å². The minimum Gasteiger partial charge on any atom is -0.387 e. The third-order valence-corrected chi connectivity index (χ3v) is 3.05. The number of phosphoric ester groups is 1. The minimum absolute atomic E-state index is 0.0933. The summed E-state index contributed by atoms with van der Waals surface area (Å²) < 4.78 is 20.8. The van der Waals surface area contributed by atoms with Gasteiger partial charge in [0.15, 0.2) is 0 Å². The van der Waals surface area contributed by atoms with Crippen molar-refractivity contribution in [3.8, 4) is 0 Å². The molecule has 8 heteroatoms. The summed E-state index contributed by atoms with van der Waals surface area (Å²) in [6.07, 6.45) is 2.61. The maximum Gasteiger partial charge on any atom is 0.472 e. The van der Waals surface area contributed by atoms with E-state index in [1.54, 1.807) is 19.9 Å². The van der Waals surface area contributed by atoms with E-state index in [0.717, 1.165) is 0 Å². The number of rotatable bonds is 9. The molecule has 0 aliphatic carbocycles. The van der Waals surface area contributed by atoms with Crippen LogP contribution >= 0.6 is 7.82 Å². The Morgan fingerprint density at radius 1 is 1.47 bits per heavy atom. The first-order valence-electron chi connectivity index (χ1n) is 6.02. The SMILES string of the molecule is C/C=C/[C@@H](O)[C@H](COP(=O)(O)OCCC)NC(C)=O. The maximum atomic E-state index is 11.4. The summed E-state index contributed by atoms with van der Waals surface area (Å²) >= 11 is 0. The molecule has 1 amide bonds. The van der Waals surface area contributed by atoms with Gasteiger partial charge in [0.2, 0.25) is 5.91 Å². The molecule has 0 saturated carbocycles. The number of nitrogens with one attached hydrogen (secondary N) is 1. The van der Waals surface area contributed by atoms with E-state index in [-0.39, 0.29) is 19.1 Å². The number of carbonyl (C=O) groups is 1. The van der Waals surface area contributed by atoms with Crippen molar-refractivity contribution >= 4 is 13.7 Å². The van der Waals surface area contributed by atoms with Crippen LogP contribution in [0.25, 0.3) is 0 Å². The van der Waals surface area contributed by atoms with Crippen LogP contribution in [0.4, 0.5) is 0 Å². The monoisotopic (exact) mass is 295 g/mol. The Morgan fingerprint density at radius 3 is 2.58 bits per heavy atom. The highest BCUT2D eigenvalue weighted by Crippen LogP contribution is 2.43. The second kappa shape index (κ2) is 9.23. The van der Waals surface area contributed by atoms with Gasteiger partial charge in [0.25, 0.3) is 0 Å². The van der Waals surface area contributed by atoms with Crippen LogP contribution in [-0.2, 0) is 18.4 Å². The van der Waals surface area contributed by atoms with Crippen molar-refractivity contribution in [1.82, 2.24) is 5.32 Å². The summed E-state index contributed by atoms with van der Waals surface area (Å²) in [5.74, 6) is -0.376. The largest absolute Gasteiger partial charge is 0.472 e. The Labute approximate surface area is 113 Å². The zero-order valence-electron chi connectivity index (χ0n) is 11.4. The van der Waals surface area contributed by atoms with Crippen LogP contribution in [0.15, 0.2) is 12.2 Å². The van der Waals surface area contributed by atoms with Gasteiger partial charge in [0.1, 0.15) is 0 Å². The summed E-state index contributed by atoms with van der Waals surface area (Å²) in [4.78, 5) is 20.3. The molecule has 0 aliphatic heterocycles. The molecule has 3 N–H and O–H groups in total. The minimum atomic E-state index is -4.15. The van der Waals surface area contributed by atoms with E-state index in [1.165, 1.54) is 13.0 Å².